The fraction of sp³-hybridized carbons (Fsp3) is 0.154. The number of hydrogen-bond donors (Lipinski definition) is 4. The molecule has 43 heavy (non-hydrogen) atoms. The van der Waals surface area contributed by atoms with E-state index in [2.05, 4.69) is 44.4 Å². The maximum Gasteiger partial charge on any atom is 2.00 e. The van der Waals surface area contributed by atoms with Crippen molar-refractivity contribution in [1.82, 2.24) is 9.97 Å². The maximum absolute atomic E-state index is 11.2. The Bertz CT molecular complexity index is 1360. The molecule has 4 N–H and O–H groups in total. The van der Waals surface area contributed by atoms with E-state index in [0.717, 1.165) is 12.2 Å². The van der Waals surface area contributed by atoms with E-state index in [1.54, 1.807) is 48.8 Å². The third kappa shape index (κ3) is 10.2. The van der Waals surface area contributed by atoms with E-state index in [4.69, 9.17) is 31.2 Å². The smallest absolute Gasteiger partial charge is 0.753 e. The quantitative estimate of drug-likeness (QED) is 0.146. The largest absolute Gasteiger partial charge is 2.00 e. The monoisotopic (exact) mass is 710 g/mol. The molecule has 0 aliphatic carbocycles. The molecule has 4 heterocycles. The molecular weight excluding hydrogens is 690 g/mol. The van der Waals surface area contributed by atoms with Gasteiger partial charge in [-0.2, -0.15) is 10.3 Å². The molecule has 0 bridgehead atoms. The third-order valence-corrected chi connectivity index (χ3v) is 5.52. The fourth-order valence-electron chi connectivity index (χ4n) is 3.40. The van der Waals surface area contributed by atoms with Crippen molar-refractivity contribution in [2.45, 2.75) is 12.8 Å². The Kier molecular flexibility index (Phi) is 16.5. The first-order valence-corrected chi connectivity index (χ1v) is 12.0. The number of hydrogen-bond acceptors (Lipinski definition) is 10. The SMILES string of the molecule is O=C(O)C1(C(=O)O)C=CN=C(c2ccccn2)C1.O=C(O)C1(C(=O)O)C=CN=C(c2ccccn2)C1.[N-]=C=S.[N-]=C=S.[Ru+2]. The van der Waals surface area contributed by atoms with Crippen LogP contribution in [0.3, 0.4) is 0 Å². The minimum atomic E-state index is -1.96. The molecule has 2 aromatic rings. The van der Waals surface area contributed by atoms with Crippen LogP contribution in [0.2, 0.25) is 0 Å². The molecule has 0 unspecified atom stereocenters. The van der Waals surface area contributed by atoms with Crippen molar-refractivity contribution in [3.8, 4) is 0 Å². The maximum atomic E-state index is 11.2. The van der Waals surface area contributed by atoms with Crippen LogP contribution in [0.15, 0.2) is 83.3 Å². The Morgan fingerprint density at radius 1 is 0.674 bits per heavy atom. The van der Waals surface area contributed by atoms with Crippen LogP contribution in [0.5, 0.6) is 0 Å². The van der Waals surface area contributed by atoms with Gasteiger partial charge in [0.05, 0.1) is 22.8 Å². The Morgan fingerprint density at radius 3 is 1.21 bits per heavy atom. The molecular formula is C26H20N6O8RuS2. The molecule has 0 spiro atoms. The van der Waals surface area contributed by atoms with Crippen LogP contribution in [0.1, 0.15) is 24.2 Å². The van der Waals surface area contributed by atoms with Crippen molar-refractivity contribution >= 4 is 70.1 Å². The summed E-state index contributed by atoms with van der Waals surface area (Å²) >= 11 is 7.40. The van der Waals surface area contributed by atoms with Crippen LogP contribution in [-0.4, -0.2) is 76.0 Å². The molecule has 2 aromatic heterocycles. The summed E-state index contributed by atoms with van der Waals surface area (Å²) in [6.07, 6.45) is 7.23. The molecule has 2 aliphatic rings. The van der Waals surface area contributed by atoms with Crippen molar-refractivity contribution in [3.63, 3.8) is 0 Å². The second kappa shape index (κ2) is 18.6. The van der Waals surface area contributed by atoms with Gasteiger partial charge in [0.25, 0.3) is 0 Å². The number of thiocarbonyl (C=S) groups is 2. The van der Waals surface area contributed by atoms with Crippen LogP contribution < -0.4 is 0 Å². The average Bonchev–Trinajstić information content (AvgIpc) is 2.99. The number of aliphatic carboxylic acids is 4. The molecule has 0 aromatic carbocycles. The number of carboxylic acids is 4. The van der Waals surface area contributed by atoms with Gasteiger partial charge in [-0.3, -0.25) is 39.1 Å². The van der Waals surface area contributed by atoms with Crippen molar-refractivity contribution in [2.24, 2.45) is 20.8 Å². The summed E-state index contributed by atoms with van der Waals surface area (Å²) in [6.45, 7) is 0. The van der Waals surface area contributed by atoms with Crippen LogP contribution in [-0.2, 0) is 38.7 Å². The zero-order chi connectivity index (χ0) is 31.8. The van der Waals surface area contributed by atoms with Crippen LogP contribution in [0, 0.1) is 10.8 Å². The molecule has 0 saturated carbocycles. The molecule has 14 nitrogen and oxygen atoms in total. The van der Waals surface area contributed by atoms with Gasteiger partial charge in [-0.25, -0.2) is 0 Å². The van der Waals surface area contributed by atoms with E-state index < -0.39 is 34.7 Å². The molecule has 0 radical (unpaired) electrons. The first-order valence-electron chi connectivity index (χ1n) is 11.2. The first-order chi connectivity index (χ1) is 19.9. The number of nitrogens with zero attached hydrogens (tertiary/aromatic N) is 6. The van der Waals surface area contributed by atoms with E-state index in [0.29, 0.717) is 22.8 Å². The predicted molar refractivity (Wildman–Crippen MR) is 156 cm³/mol. The van der Waals surface area contributed by atoms with Crippen LogP contribution in [0.4, 0.5) is 0 Å². The van der Waals surface area contributed by atoms with Gasteiger partial charge in [-0.1, -0.05) is 36.6 Å². The molecule has 17 heteroatoms. The Morgan fingerprint density at radius 2 is 0.977 bits per heavy atom. The summed E-state index contributed by atoms with van der Waals surface area (Å²) in [5.41, 5.74) is -2.27. The van der Waals surface area contributed by atoms with Gasteiger partial charge in [0.1, 0.15) is 0 Å². The Balaban J connectivity index is 0.000000680. The van der Waals surface area contributed by atoms with Crippen molar-refractivity contribution in [3.05, 3.63) is 95.6 Å². The van der Waals surface area contributed by atoms with Gasteiger partial charge in [-0.05, 0) is 36.4 Å². The number of carboxylic acid groups (broad SMARTS) is 4. The Hall–Kier alpha value is -4.78. The molecule has 0 fully saturated rings. The number of pyridine rings is 2. The van der Waals surface area contributed by atoms with Crippen molar-refractivity contribution in [1.29, 1.82) is 0 Å². The Labute approximate surface area is 267 Å². The zero-order valence-corrected chi connectivity index (χ0v) is 25.0. The molecule has 0 atom stereocenters. The van der Waals surface area contributed by atoms with E-state index in [1.165, 1.54) is 22.7 Å². The molecule has 222 valence electrons. The van der Waals surface area contributed by atoms with E-state index in [9.17, 15) is 19.2 Å². The van der Waals surface area contributed by atoms with Crippen molar-refractivity contribution < 1.29 is 59.1 Å². The van der Waals surface area contributed by atoms with Gasteiger partial charge in [0.15, 0.2) is 10.8 Å². The van der Waals surface area contributed by atoms with E-state index >= 15 is 0 Å². The second-order valence-electron chi connectivity index (χ2n) is 7.91. The predicted octanol–water partition coefficient (Wildman–Crippen LogP) is 3.20. The number of isothiocyanates is 2. The van der Waals surface area contributed by atoms with Gasteiger partial charge < -0.3 is 31.2 Å². The fourth-order valence-corrected chi connectivity index (χ4v) is 3.40. The summed E-state index contributed by atoms with van der Waals surface area (Å²) < 4.78 is 0. The number of aromatic nitrogens is 2. The standard InChI is InChI=1S/2C12H10N2O4.2CNS.Ru/c2*15-10(16)12(11(17)18)4-6-14-9(7-12)8-3-1-2-5-13-8;2*2-1-3;/h2*1-6H,7H2,(H,15,16)(H,17,18);;;/q;;2*-1;+2. The third-order valence-electron chi connectivity index (χ3n) is 5.52. The summed E-state index contributed by atoms with van der Waals surface area (Å²) in [5.74, 6) is -5.63. The number of aliphatic imine (C=N–C) groups is 2. The van der Waals surface area contributed by atoms with Crippen LogP contribution >= 0.6 is 24.4 Å². The first kappa shape index (κ1) is 38.2. The normalized spacial score (nSPS) is 14.6. The second-order valence-corrected chi connectivity index (χ2v) is 8.28. The summed E-state index contributed by atoms with van der Waals surface area (Å²) in [5, 5.41) is 53.4. The summed E-state index contributed by atoms with van der Waals surface area (Å²) in [6, 6.07) is 10.2. The number of carbonyl (C=O) groups is 4. The summed E-state index contributed by atoms with van der Waals surface area (Å²) in [7, 11) is 0. The van der Waals surface area contributed by atoms with Crippen LogP contribution in [0.25, 0.3) is 10.8 Å². The number of rotatable bonds is 6. The topological polar surface area (TPSA) is 244 Å². The molecule has 0 amide bonds. The van der Waals surface area contributed by atoms with Gasteiger partial charge in [0.2, 0.25) is 0 Å². The minimum Gasteiger partial charge on any atom is -0.753 e. The molecule has 4 rings (SSSR count). The molecule has 2 aliphatic heterocycles. The van der Waals surface area contributed by atoms with Gasteiger partial charge in [-0.15, -0.1) is 0 Å². The van der Waals surface area contributed by atoms with E-state index in [1.807, 2.05) is 0 Å². The summed E-state index contributed by atoms with van der Waals surface area (Å²) in [4.78, 5) is 60.8. The zero-order valence-electron chi connectivity index (χ0n) is 21.6. The minimum absolute atomic E-state index is 0. The van der Waals surface area contributed by atoms with E-state index in [-0.39, 0.29) is 32.3 Å². The van der Waals surface area contributed by atoms with Gasteiger partial charge >= 0.3 is 43.4 Å². The van der Waals surface area contributed by atoms with Crippen molar-refractivity contribution in [2.75, 3.05) is 0 Å². The average molecular weight is 710 g/mol. The van der Waals surface area contributed by atoms with Gasteiger partial charge in [0, 0.05) is 37.6 Å². The molecule has 0 saturated heterocycles.